The monoisotopic (exact) mass is 220 g/mol. The number of hydrogen-bond acceptors (Lipinski definition) is 1. The van der Waals surface area contributed by atoms with Gasteiger partial charge >= 0.3 is 6.18 Å². The topological polar surface area (TPSA) is 30.9 Å². The van der Waals surface area contributed by atoms with Crippen LogP contribution in [0.5, 0.6) is 0 Å². The van der Waals surface area contributed by atoms with Crippen LogP contribution in [0.4, 0.5) is 13.2 Å². The lowest BCUT2D eigenvalue weighted by atomic mass is 10.1. The van der Waals surface area contributed by atoms with E-state index >= 15 is 0 Å². The molecule has 0 bridgehead atoms. The van der Waals surface area contributed by atoms with Gasteiger partial charge in [-0.05, 0) is 18.1 Å². The Morgan fingerprint density at radius 1 is 1.47 bits per heavy atom. The minimum atomic E-state index is -4.10. The normalized spacial score (nSPS) is 14.2. The van der Waals surface area contributed by atoms with Gasteiger partial charge in [0.1, 0.15) is 0 Å². The van der Waals surface area contributed by atoms with Crippen molar-refractivity contribution in [2.75, 3.05) is 0 Å². The second kappa shape index (κ2) is 4.70. The molecular weight excluding hydrogens is 205 g/mol. The van der Waals surface area contributed by atoms with Crippen LogP contribution >= 0.6 is 0 Å². The quantitative estimate of drug-likeness (QED) is 0.831. The number of rotatable bonds is 4. The molecule has 1 aromatic rings. The van der Waals surface area contributed by atoms with Crippen LogP contribution in [0, 0.1) is 0 Å². The second-order valence-corrected chi connectivity index (χ2v) is 3.56. The molecule has 0 amide bonds. The van der Waals surface area contributed by atoms with E-state index in [4.69, 9.17) is 5.73 Å². The predicted octanol–water partition coefficient (Wildman–Crippen LogP) is 2.85. The number of aryl methyl sites for hydroxylation is 1. The number of nitrogens with zero attached hydrogens (tertiary/aromatic N) is 1. The van der Waals surface area contributed by atoms with Gasteiger partial charge in [0.25, 0.3) is 0 Å². The van der Waals surface area contributed by atoms with Crippen molar-refractivity contribution in [2.45, 2.75) is 38.5 Å². The van der Waals surface area contributed by atoms with Gasteiger partial charge in [0.05, 0.1) is 6.42 Å². The third-order valence-electron chi connectivity index (χ3n) is 2.29. The molecule has 0 aliphatic heterocycles. The zero-order valence-corrected chi connectivity index (χ0v) is 8.59. The molecule has 0 radical (unpaired) electrons. The molecule has 1 heterocycles. The van der Waals surface area contributed by atoms with E-state index in [0.717, 1.165) is 12.0 Å². The molecule has 0 aromatic carbocycles. The fraction of sp³-hybridized carbons (Fsp3) is 0.600. The highest BCUT2D eigenvalue weighted by Crippen LogP contribution is 2.21. The number of halogens is 3. The summed E-state index contributed by atoms with van der Waals surface area (Å²) >= 11 is 0. The highest BCUT2D eigenvalue weighted by molar-refractivity contribution is 5.14. The SMILES string of the molecule is CCC(N)c1ccn(CCC(F)(F)F)c1. The molecule has 15 heavy (non-hydrogen) atoms. The first-order valence-corrected chi connectivity index (χ1v) is 4.90. The van der Waals surface area contributed by atoms with Gasteiger partial charge in [-0.25, -0.2) is 0 Å². The molecule has 86 valence electrons. The third-order valence-corrected chi connectivity index (χ3v) is 2.29. The highest BCUT2D eigenvalue weighted by atomic mass is 19.4. The van der Waals surface area contributed by atoms with Crippen LogP contribution in [0.1, 0.15) is 31.4 Å². The van der Waals surface area contributed by atoms with Crippen LogP contribution in [0.15, 0.2) is 18.5 Å². The van der Waals surface area contributed by atoms with Gasteiger partial charge in [-0.3, -0.25) is 0 Å². The Morgan fingerprint density at radius 3 is 2.67 bits per heavy atom. The van der Waals surface area contributed by atoms with Crippen molar-refractivity contribution in [1.29, 1.82) is 0 Å². The average molecular weight is 220 g/mol. The van der Waals surface area contributed by atoms with Crippen molar-refractivity contribution in [3.05, 3.63) is 24.0 Å². The maximum atomic E-state index is 11.9. The first kappa shape index (κ1) is 12.1. The standard InChI is InChI=1S/C10H15F3N2/c1-2-9(14)8-3-5-15(7-8)6-4-10(11,12)13/h3,5,7,9H,2,4,6,14H2,1H3. The Morgan fingerprint density at radius 2 is 2.13 bits per heavy atom. The van der Waals surface area contributed by atoms with Gasteiger partial charge in [0, 0.05) is 25.0 Å². The summed E-state index contributed by atoms with van der Waals surface area (Å²) in [5.74, 6) is 0. The summed E-state index contributed by atoms with van der Waals surface area (Å²) in [5, 5.41) is 0. The molecule has 0 saturated carbocycles. The molecule has 0 fully saturated rings. The zero-order valence-electron chi connectivity index (χ0n) is 8.59. The Bertz CT molecular complexity index is 304. The van der Waals surface area contributed by atoms with Crippen LogP contribution in [0.2, 0.25) is 0 Å². The summed E-state index contributed by atoms with van der Waals surface area (Å²) in [7, 11) is 0. The minimum Gasteiger partial charge on any atom is -0.354 e. The molecule has 0 aliphatic rings. The van der Waals surface area contributed by atoms with E-state index in [2.05, 4.69) is 0 Å². The van der Waals surface area contributed by atoms with E-state index in [-0.39, 0.29) is 12.6 Å². The lowest BCUT2D eigenvalue weighted by Gasteiger charge is -2.07. The molecule has 1 atom stereocenters. The maximum Gasteiger partial charge on any atom is 0.390 e. The third kappa shape index (κ3) is 3.95. The van der Waals surface area contributed by atoms with Gasteiger partial charge in [0.2, 0.25) is 0 Å². The summed E-state index contributed by atoms with van der Waals surface area (Å²) < 4.78 is 37.3. The van der Waals surface area contributed by atoms with Crippen molar-refractivity contribution in [3.63, 3.8) is 0 Å². The van der Waals surface area contributed by atoms with Gasteiger partial charge < -0.3 is 10.3 Å². The summed E-state index contributed by atoms with van der Waals surface area (Å²) in [5.41, 5.74) is 6.64. The Kier molecular flexibility index (Phi) is 3.79. The molecule has 2 nitrogen and oxygen atoms in total. The second-order valence-electron chi connectivity index (χ2n) is 3.56. The van der Waals surface area contributed by atoms with Crippen LogP contribution in [-0.4, -0.2) is 10.7 Å². The maximum absolute atomic E-state index is 11.9. The first-order valence-electron chi connectivity index (χ1n) is 4.90. The van der Waals surface area contributed by atoms with Crippen molar-refractivity contribution in [2.24, 2.45) is 5.73 Å². The fourth-order valence-corrected chi connectivity index (χ4v) is 1.31. The van der Waals surface area contributed by atoms with Gasteiger partial charge in [-0.15, -0.1) is 0 Å². The molecule has 1 rings (SSSR count). The van der Waals surface area contributed by atoms with E-state index in [1.807, 2.05) is 6.92 Å². The van der Waals surface area contributed by atoms with E-state index in [1.54, 1.807) is 18.5 Å². The van der Waals surface area contributed by atoms with Crippen molar-refractivity contribution >= 4 is 0 Å². The molecule has 0 spiro atoms. The first-order chi connectivity index (χ1) is 6.92. The average Bonchev–Trinajstić information content (AvgIpc) is 2.61. The van der Waals surface area contributed by atoms with Crippen molar-refractivity contribution < 1.29 is 13.2 Å². The zero-order chi connectivity index (χ0) is 11.5. The minimum absolute atomic E-state index is 0.0417. The highest BCUT2D eigenvalue weighted by Gasteiger charge is 2.26. The van der Waals surface area contributed by atoms with E-state index in [9.17, 15) is 13.2 Å². The lowest BCUT2D eigenvalue weighted by molar-refractivity contribution is -0.136. The fourth-order valence-electron chi connectivity index (χ4n) is 1.31. The largest absolute Gasteiger partial charge is 0.390 e. The van der Waals surface area contributed by atoms with Gasteiger partial charge in [-0.1, -0.05) is 6.92 Å². The van der Waals surface area contributed by atoms with Crippen LogP contribution in [0.3, 0.4) is 0 Å². The van der Waals surface area contributed by atoms with Crippen molar-refractivity contribution in [1.82, 2.24) is 4.57 Å². The molecule has 0 saturated heterocycles. The van der Waals surface area contributed by atoms with Gasteiger partial charge in [0.15, 0.2) is 0 Å². The molecule has 0 aliphatic carbocycles. The van der Waals surface area contributed by atoms with E-state index < -0.39 is 12.6 Å². The molecule has 1 unspecified atom stereocenters. The number of aromatic nitrogens is 1. The van der Waals surface area contributed by atoms with Gasteiger partial charge in [-0.2, -0.15) is 13.2 Å². The summed E-state index contributed by atoms with van der Waals surface area (Å²) in [4.78, 5) is 0. The summed E-state index contributed by atoms with van der Waals surface area (Å²) in [6.07, 6.45) is -0.806. The van der Waals surface area contributed by atoms with Crippen molar-refractivity contribution in [3.8, 4) is 0 Å². The van der Waals surface area contributed by atoms with Crippen LogP contribution < -0.4 is 5.73 Å². The number of hydrogen-bond donors (Lipinski definition) is 1. The van der Waals surface area contributed by atoms with Crippen LogP contribution in [0.25, 0.3) is 0 Å². The molecular formula is C10H15F3N2. The predicted molar refractivity (Wildman–Crippen MR) is 52.3 cm³/mol. The van der Waals surface area contributed by atoms with Crippen LogP contribution in [-0.2, 0) is 6.54 Å². The smallest absolute Gasteiger partial charge is 0.354 e. The molecule has 1 aromatic heterocycles. The molecule has 2 N–H and O–H groups in total. The lowest BCUT2D eigenvalue weighted by Crippen LogP contribution is -2.11. The van der Waals surface area contributed by atoms with E-state index in [0.29, 0.717) is 0 Å². The Hall–Kier alpha value is -0.970. The number of alkyl halides is 3. The van der Waals surface area contributed by atoms with E-state index in [1.165, 1.54) is 4.57 Å². The number of nitrogens with two attached hydrogens (primary N) is 1. The summed E-state index contributed by atoms with van der Waals surface area (Å²) in [6.45, 7) is 1.90. The summed E-state index contributed by atoms with van der Waals surface area (Å²) in [6, 6.07) is 1.68. The Labute approximate surface area is 86.9 Å². The molecule has 5 heteroatoms. The Balaban J connectivity index is 2.53.